The first-order valence-electron chi connectivity index (χ1n) is 9.58. The normalized spacial score (nSPS) is 23.7. The highest BCUT2D eigenvalue weighted by Crippen LogP contribution is 2.29. The minimum Gasteiger partial charge on any atom is -0.423 e. The van der Waals surface area contributed by atoms with Gasteiger partial charge in [-0.25, -0.2) is 0 Å². The quantitative estimate of drug-likeness (QED) is 0.784. The number of rotatable bonds is 5. The lowest BCUT2D eigenvalue weighted by atomic mass is 9.84. The summed E-state index contributed by atoms with van der Waals surface area (Å²) in [7, 11) is 0. The smallest absolute Gasteiger partial charge is 0.406 e. The molecule has 5 rings (SSSR count). The second kappa shape index (κ2) is 8.39. The minimum absolute atomic E-state index is 0. The molecule has 3 aliphatic heterocycles. The third-order valence-electron chi connectivity index (χ3n) is 5.65. The van der Waals surface area contributed by atoms with E-state index >= 15 is 0 Å². The van der Waals surface area contributed by atoms with Crippen LogP contribution in [0.15, 0.2) is 22.6 Å². The van der Waals surface area contributed by atoms with Gasteiger partial charge in [0.15, 0.2) is 5.58 Å². The van der Waals surface area contributed by atoms with Gasteiger partial charge in [0, 0.05) is 19.1 Å². The average molecular weight is 433 g/mol. The second-order valence-electron chi connectivity index (χ2n) is 7.50. The van der Waals surface area contributed by atoms with Crippen molar-refractivity contribution in [2.24, 2.45) is 5.92 Å². The van der Waals surface area contributed by atoms with Crippen molar-refractivity contribution in [2.45, 2.75) is 32.0 Å². The Morgan fingerprint density at radius 1 is 1.34 bits per heavy atom. The van der Waals surface area contributed by atoms with Crippen molar-refractivity contribution in [3.05, 3.63) is 23.8 Å². The summed E-state index contributed by atoms with van der Waals surface area (Å²) in [6.45, 7) is 3.52. The number of oxazole rings is 1. The van der Waals surface area contributed by atoms with Crippen LogP contribution in [0.3, 0.4) is 0 Å². The van der Waals surface area contributed by atoms with E-state index in [4.69, 9.17) is 4.42 Å². The van der Waals surface area contributed by atoms with Gasteiger partial charge in [-0.05, 0) is 50.9 Å². The number of halogens is 4. The number of hydrogen-bond acceptors (Lipinski definition) is 5. The zero-order valence-corrected chi connectivity index (χ0v) is 16.9. The van der Waals surface area contributed by atoms with Crippen LogP contribution in [0.25, 0.3) is 11.1 Å². The van der Waals surface area contributed by atoms with Crippen LogP contribution in [0.5, 0.6) is 0 Å². The molecule has 1 amide bonds. The Bertz CT molecular complexity index is 865. The topological polar surface area (TPSA) is 61.6 Å². The average Bonchev–Trinajstić information content (AvgIpc) is 3.10. The van der Waals surface area contributed by atoms with Crippen LogP contribution < -0.4 is 10.2 Å². The Hall–Kier alpha value is -2.00. The van der Waals surface area contributed by atoms with E-state index in [2.05, 4.69) is 15.2 Å². The molecule has 29 heavy (non-hydrogen) atoms. The van der Waals surface area contributed by atoms with Gasteiger partial charge in [0.25, 0.3) is 11.9 Å². The van der Waals surface area contributed by atoms with Gasteiger partial charge in [-0.2, -0.15) is 18.2 Å². The molecule has 3 saturated heterocycles. The van der Waals surface area contributed by atoms with E-state index in [1.807, 2.05) is 0 Å². The molecule has 2 aromatic rings. The molecule has 1 aromatic heterocycles. The van der Waals surface area contributed by atoms with Crippen molar-refractivity contribution in [3.8, 4) is 0 Å². The summed E-state index contributed by atoms with van der Waals surface area (Å²) in [5.74, 6) is 0.214. The van der Waals surface area contributed by atoms with E-state index in [0.717, 1.165) is 37.4 Å². The molecule has 160 valence electrons. The van der Waals surface area contributed by atoms with Gasteiger partial charge in [0.1, 0.15) is 12.1 Å². The molecule has 10 heteroatoms. The molecule has 2 bridgehead atoms. The molecule has 3 aliphatic rings. The van der Waals surface area contributed by atoms with Gasteiger partial charge in [-0.15, -0.1) is 12.4 Å². The maximum atomic E-state index is 12.9. The van der Waals surface area contributed by atoms with Crippen molar-refractivity contribution >= 4 is 35.4 Å². The third-order valence-corrected chi connectivity index (χ3v) is 5.65. The van der Waals surface area contributed by atoms with Gasteiger partial charge < -0.3 is 19.5 Å². The molecule has 0 unspecified atom stereocenters. The van der Waals surface area contributed by atoms with Crippen LogP contribution in [0.1, 0.15) is 30.1 Å². The van der Waals surface area contributed by atoms with E-state index in [9.17, 15) is 18.0 Å². The second-order valence-corrected chi connectivity index (χ2v) is 7.50. The largest absolute Gasteiger partial charge is 0.423 e. The third kappa shape index (κ3) is 4.61. The number of amides is 1. The van der Waals surface area contributed by atoms with Gasteiger partial charge in [-0.3, -0.25) is 4.79 Å². The number of para-hydroxylation sites is 1. The number of hydrogen-bond donors (Lipinski definition) is 1. The molecule has 0 aliphatic carbocycles. The van der Waals surface area contributed by atoms with E-state index in [1.54, 1.807) is 25.1 Å². The van der Waals surface area contributed by atoms with E-state index < -0.39 is 12.7 Å². The van der Waals surface area contributed by atoms with Crippen LogP contribution in [0, 0.1) is 5.92 Å². The maximum absolute atomic E-state index is 12.9. The molecule has 1 atom stereocenters. The lowest BCUT2D eigenvalue weighted by Gasteiger charge is -2.44. The highest BCUT2D eigenvalue weighted by Gasteiger charge is 2.36. The summed E-state index contributed by atoms with van der Waals surface area (Å²) in [6.07, 6.45) is -2.22. The first kappa shape index (κ1) is 21.7. The van der Waals surface area contributed by atoms with Crippen molar-refractivity contribution < 1.29 is 22.4 Å². The maximum Gasteiger partial charge on any atom is 0.406 e. The number of anilines is 1. The lowest BCUT2D eigenvalue weighted by molar-refractivity contribution is -0.120. The predicted molar refractivity (Wildman–Crippen MR) is 106 cm³/mol. The van der Waals surface area contributed by atoms with Crippen LogP contribution in [-0.4, -0.2) is 60.7 Å². The van der Waals surface area contributed by atoms with E-state index in [1.165, 1.54) is 0 Å². The highest BCUT2D eigenvalue weighted by molar-refractivity contribution is 6.04. The van der Waals surface area contributed by atoms with Crippen molar-refractivity contribution in [1.29, 1.82) is 0 Å². The molecular weight excluding hydrogens is 409 g/mol. The van der Waals surface area contributed by atoms with Crippen molar-refractivity contribution in [2.75, 3.05) is 37.6 Å². The van der Waals surface area contributed by atoms with Crippen LogP contribution >= 0.6 is 12.4 Å². The molecule has 6 nitrogen and oxygen atoms in total. The Morgan fingerprint density at radius 3 is 2.66 bits per heavy atom. The predicted octanol–water partition coefficient (Wildman–Crippen LogP) is 3.46. The SMILES string of the molecule is CCN(CC(F)(F)F)c1nc2c(C(=O)N[C@@H]3CN4CCC3CC4)cccc2o1.Cl. The summed E-state index contributed by atoms with van der Waals surface area (Å²) in [6, 6.07) is 4.86. The number of benzene rings is 1. The fraction of sp³-hybridized carbons (Fsp3) is 0.579. The molecule has 4 heterocycles. The molecule has 3 fully saturated rings. The Morgan fingerprint density at radius 2 is 2.07 bits per heavy atom. The number of fused-ring (bicyclic) bond motifs is 4. The highest BCUT2D eigenvalue weighted by atomic mass is 35.5. The van der Waals surface area contributed by atoms with Gasteiger partial charge in [-0.1, -0.05) is 6.07 Å². The van der Waals surface area contributed by atoms with Crippen molar-refractivity contribution in [1.82, 2.24) is 15.2 Å². The summed E-state index contributed by atoms with van der Waals surface area (Å²) in [5, 5.41) is 3.09. The minimum atomic E-state index is -4.37. The van der Waals surface area contributed by atoms with Gasteiger partial charge in [0.05, 0.1) is 5.56 Å². The Balaban J connectivity index is 0.00000240. The molecule has 0 radical (unpaired) electrons. The van der Waals surface area contributed by atoms with Crippen LogP contribution in [-0.2, 0) is 0 Å². The number of nitrogens with one attached hydrogen (secondary N) is 1. The summed E-state index contributed by atoms with van der Waals surface area (Å²) < 4.78 is 43.9. The summed E-state index contributed by atoms with van der Waals surface area (Å²) in [5.41, 5.74) is 0.918. The monoisotopic (exact) mass is 432 g/mol. The molecule has 1 N–H and O–H groups in total. The first-order chi connectivity index (χ1) is 13.3. The molecular formula is C19H24ClF3N4O2. The van der Waals surface area contributed by atoms with Crippen molar-refractivity contribution in [3.63, 3.8) is 0 Å². The molecule has 1 aromatic carbocycles. The fourth-order valence-electron chi connectivity index (χ4n) is 4.16. The Kier molecular flexibility index (Phi) is 6.28. The molecule has 0 spiro atoms. The fourth-order valence-corrected chi connectivity index (χ4v) is 4.16. The van der Waals surface area contributed by atoms with Gasteiger partial charge >= 0.3 is 6.18 Å². The zero-order valence-electron chi connectivity index (χ0n) is 16.0. The van der Waals surface area contributed by atoms with E-state index in [0.29, 0.717) is 17.1 Å². The standard InChI is InChI=1S/C19H23F3N4O2.ClH/c1-2-26(11-19(20,21)22)18-24-16-13(4-3-5-15(16)28-18)17(27)23-14-10-25-8-6-12(14)7-9-25;/h3-5,12,14H,2,6-11H2,1H3,(H,23,27);1H/t14-;/m1./s1. The van der Waals surface area contributed by atoms with Crippen LogP contribution in [0.4, 0.5) is 19.2 Å². The number of carbonyl (C=O) groups is 1. The lowest BCUT2D eigenvalue weighted by Crippen LogP contribution is -2.57. The number of aromatic nitrogens is 1. The summed E-state index contributed by atoms with van der Waals surface area (Å²) in [4.78, 5) is 20.4. The number of alkyl halides is 3. The number of piperidine rings is 3. The number of carbonyl (C=O) groups excluding carboxylic acids is 1. The van der Waals surface area contributed by atoms with Gasteiger partial charge in [0.2, 0.25) is 0 Å². The zero-order chi connectivity index (χ0) is 19.9. The first-order valence-corrected chi connectivity index (χ1v) is 9.58. The molecule has 0 saturated carbocycles. The number of nitrogens with zero attached hydrogens (tertiary/aromatic N) is 3. The summed E-state index contributed by atoms with van der Waals surface area (Å²) >= 11 is 0. The Labute approximate surface area is 172 Å². The van der Waals surface area contributed by atoms with E-state index in [-0.39, 0.29) is 42.4 Å². The van der Waals surface area contributed by atoms with Crippen LogP contribution in [0.2, 0.25) is 0 Å².